The lowest BCUT2D eigenvalue weighted by Crippen LogP contribution is -2.23. The molecule has 0 N–H and O–H groups in total. The highest BCUT2D eigenvalue weighted by molar-refractivity contribution is 5.82. The first-order chi connectivity index (χ1) is 14.1. The second kappa shape index (κ2) is 8.10. The van der Waals surface area contributed by atoms with Gasteiger partial charge in [0.15, 0.2) is 5.82 Å². The van der Waals surface area contributed by atoms with Gasteiger partial charge in [-0.2, -0.15) is 13.2 Å². The fourth-order valence-corrected chi connectivity index (χ4v) is 3.16. The monoisotopic (exact) mass is 418 g/mol. The second-order valence-electron chi connectivity index (χ2n) is 6.65. The Morgan fingerprint density at radius 1 is 1.27 bits per heavy atom. The maximum Gasteiger partial charge on any atom is 0.419 e. The molecule has 0 saturated carbocycles. The fourth-order valence-electron chi connectivity index (χ4n) is 3.16. The SMILES string of the molecule is C=Nc1c(/C=C(\C)c2cccc(C(F)(F)F)c2F)n(Cc2cccnc2)c(=O)n1C. The molecule has 156 valence electrons. The normalized spacial score (nSPS) is 12.3. The molecule has 0 spiro atoms. The minimum absolute atomic E-state index is 0.153. The molecule has 0 atom stereocenters. The third-order valence-corrected chi connectivity index (χ3v) is 4.65. The number of nitrogens with zero attached hydrogens (tertiary/aromatic N) is 4. The highest BCUT2D eigenvalue weighted by atomic mass is 19.4. The van der Waals surface area contributed by atoms with Crippen molar-refractivity contribution >= 4 is 24.2 Å². The summed E-state index contributed by atoms with van der Waals surface area (Å²) in [6.07, 6.45) is -0.202. The summed E-state index contributed by atoms with van der Waals surface area (Å²) in [7, 11) is 1.50. The third-order valence-electron chi connectivity index (χ3n) is 4.65. The van der Waals surface area contributed by atoms with Gasteiger partial charge in [-0.1, -0.05) is 18.2 Å². The fraction of sp³-hybridized carbons (Fsp3) is 0.190. The van der Waals surface area contributed by atoms with Gasteiger partial charge in [-0.25, -0.2) is 14.2 Å². The molecule has 0 aliphatic rings. The van der Waals surface area contributed by atoms with E-state index in [4.69, 9.17) is 0 Å². The number of hydrogen-bond acceptors (Lipinski definition) is 3. The average Bonchev–Trinajstić information content (AvgIpc) is 2.91. The van der Waals surface area contributed by atoms with E-state index in [9.17, 15) is 22.4 Å². The molecule has 5 nitrogen and oxygen atoms in total. The van der Waals surface area contributed by atoms with Crippen molar-refractivity contribution in [1.82, 2.24) is 14.1 Å². The van der Waals surface area contributed by atoms with Gasteiger partial charge in [0.1, 0.15) is 5.82 Å². The Morgan fingerprint density at radius 3 is 2.60 bits per heavy atom. The van der Waals surface area contributed by atoms with Crippen molar-refractivity contribution in [2.24, 2.45) is 12.0 Å². The number of aliphatic imine (C=N–C) groups is 1. The molecular weight excluding hydrogens is 400 g/mol. The zero-order valence-corrected chi connectivity index (χ0v) is 16.2. The summed E-state index contributed by atoms with van der Waals surface area (Å²) in [5.74, 6) is -1.15. The molecule has 0 bridgehead atoms. The number of halogens is 4. The van der Waals surface area contributed by atoms with Crippen molar-refractivity contribution in [3.05, 3.63) is 81.4 Å². The molecule has 2 heterocycles. The highest BCUT2D eigenvalue weighted by Crippen LogP contribution is 2.35. The molecule has 0 fully saturated rings. The number of aromatic nitrogens is 3. The maximum absolute atomic E-state index is 14.6. The molecule has 0 saturated heterocycles. The van der Waals surface area contributed by atoms with E-state index in [1.165, 1.54) is 35.2 Å². The van der Waals surface area contributed by atoms with Crippen LogP contribution in [-0.4, -0.2) is 20.8 Å². The summed E-state index contributed by atoms with van der Waals surface area (Å²) in [5, 5.41) is 0. The van der Waals surface area contributed by atoms with Gasteiger partial charge in [0.05, 0.1) is 17.8 Å². The van der Waals surface area contributed by atoms with Crippen LogP contribution in [0.1, 0.15) is 29.3 Å². The lowest BCUT2D eigenvalue weighted by Gasteiger charge is -2.12. The quantitative estimate of drug-likeness (QED) is 0.446. The van der Waals surface area contributed by atoms with Crippen LogP contribution in [0.15, 0.2) is 52.5 Å². The molecule has 0 aliphatic carbocycles. The number of allylic oxidation sites excluding steroid dienone is 1. The van der Waals surface area contributed by atoms with Crippen LogP contribution in [0.3, 0.4) is 0 Å². The van der Waals surface area contributed by atoms with Gasteiger partial charge in [-0.15, -0.1) is 0 Å². The number of benzene rings is 1. The number of alkyl halides is 3. The van der Waals surface area contributed by atoms with E-state index < -0.39 is 23.2 Å². The summed E-state index contributed by atoms with van der Waals surface area (Å²) in [4.78, 5) is 20.6. The maximum atomic E-state index is 14.6. The van der Waals surface area contributed by atoms with Crippen molar-refractivity contribution in [2.75, 3.05) is 0 Å². The molecule has 0 aliphatic heterocycles. The summed E-state index contributed by atoms with van der Waals surface area (Å²) in [6.45, 7) is 5.09. The molecule has 30 heavy (non-hydrogen) atoms. The molecule has 2 aromatic heterocycles. The van der Waals surface area contributed by atoms with Crippen LogP contribution in [0, 0.1) is 5.82 Å². The van der Waals surface area contributed by atoms with E-state index in [1.807, 2.05) is 0 Å². The van der Waals surface area contributed by atoms with Gasteiger partial charge in [-0.3, -0.25) is 14.1 Å². The van der Waals surface area contributed by atoms with Crippen LogP contribution in [0.5, 0.6) is 0 Å². The minimum atomic E-state index is -4.82. The van der Waals surface area contributed by atoms with Gasteiger partial charge in [0.2, 0.25) is 0 Å². The van der Waals surface area contributed by atoms with Gasteiger partial charge < -0.3 is 0 Å². The van der Waals surface area contributed by atoms with Crippen molar-refractivity contribution < 1.29 is 17.6 Å². The molecule has 3 aromatic rings. The molecule has 9 heteroatoms. The van der Waals surface area contributed by atoms with Crippen LogP contribution in [-0.2, 0) is 19.8 Å². The van der Waals surface area contributed by atoms with Crippen molar-refractivity contribution in [2.45, 2.75) is 19.6 Å². The Hall–Kier alpha value is -3.49. The van der Waals surface area contributed by atoms with Crippen molar-refractivity contribution in [1.29, 1.82) is 0 Å². The Labute approximate surface area is 169 Å². The standard InChI is InChI=1S/C21H18F4N4O/c1-13(15-7-4-8-16(18(15)22)21(23,24)25)10-17-19(26-2)28(3)20(30)29(17)12-14-6-5-9-27-11-14/h4-11H,2,12H2,1,3H3/b13-10+. The lowest BCUT2D eigenvalue weighted by molar-refractivity contribution is -0.140. The molecule has 1 aromatic carbocycles. The van der Waals surface area contributed by atoms with Crippen molar-refractivity contribution in [3.8, 4) is 0 Å². The number of pyridine rings is 1. The van der Waals surface area contributed by atoms with E-state index in [2.05, 4.69) is 16.7 Å². The van der Waals surface area contributed by atoms with Gasteiger partial charge in [-0.05, 0) is 43.0 Å². The summed E-state index contributed by atoms with van der Waals surface area (Å²) < 4.78 is 56.4. The van der Waals surface area contributed by atoms with Crippen molar-refractivity contribution in [3.63, 3.8) is 0 Å². The van der Waals surface area contributed by atoms with E-state index in [0.29, 0.717) is 11.8 Å². The number of rotatable bonds is 5. The molecule has 0 unspecified atom stereocenters. The van der Waals surface area contributed by atoms with E-state index in [-0.39, 0.29) is 23.5 Å². The molecule has 0 radical (unpaired) electrons. The highest BCUT2D eigenvalue weighted by Gasteiger charge is 2.35. The van der Waals surface area contributed by atoms with Gasteiger partial charge in [0, 0.05) is 25.0 Å². The van der Waals surface area contributed by atoms with Crippen LogP contribution in [0.4, 0.5) is 23.4 Å². The van der Waals surface area contributed by atoms with E-state index in [1.54, 1.807) is 24.5 Å². The first kappa shape index (κ1) is 21.2. The molecule has 3 rings (SSSR count). The van der Waals surface area contributed by atoms with Gasteiger partial charge >= 0.3 is 11.9 Å². The predicted molar refractivity (Wildman–Crippen MR) is 107 cm³/mol. The topological polar surface area (TPSA) is 52.2 Å². The second-order valence-corrected chi connectivity index (χ2v) is 6.65. The zero-order valence-electron chi connectivity index (χ0n) is 16.2. The van der Waals surface area contributed by atoms with Crippen LogP contribution < -0.4 is 5.69 Å². The van der Waals surface area contributed by atoms with Crippen LogP contribution >= 0.6 is 0 Å². The third kappa shape index (κ3) is 3.96. The first-order valence-corrected chi connectivity index (χ1v) is 8.84. The number of imidazole rings is 1. The van der Waals surface area contributed by atoms with Crippen LogP contribution in [0.25, 0.3) is 11.6 Å². The summed E-state index contributed by atoms with van der Waals surface area (Å²) in [6, 6.07) is 6.57. The number of hydrogen-bond donors (Lipinski definition) is 0. The van der Waals surface area contributed by atoms with E-state index >= 15 is 0 Å². The molecular formula is C21H18F4N4O. The average molecular weight is 418 g/mol. The van der Waals surface area contributed by atoms with E-state index in [0.717, 1.165) is 11.6 Å². The predicted octanol–water partition coefficient (Wildman–Crippen LogP) is 4.68. The largest absolute Gasteiger partial charge is 0.419 e. The first-order valence-electron chi connectivity index (χ1n) is 8.84. The lowest BCUT2D eigenvalue weighted by atomic mass is 10.0. The van der Waals surface area contributed by atoms with Gasteiger partial charge in [0.25, 0.3) is 0 Å². The zero-order chi connectivity index (χ0) is 22.1. The minimum Gasteiger partial charge on any atom is -0.286 e. The Morgan fingerprint density at radius 2 is 2.00 bits per heavy atom. The van der Waals surface area contributed by atoms with Crippen LogP contribution in [0.2, 0.25) is 0 Å². The summed E-state index contributed by atoms with van der Waals surface area (Å²) >= 11 is 0. The Kier molecular flexibility index (Phi) is 5.73. The molecule has 0 amide bonds. The Balaban J connectivity index is 2.16. The summed E-state index contributed by atoms with van der Waals surface area (Å²) in [5.41, 5.74) is -0.729. The Bertz CT molecular complexity index is 1170. The smallest absolute Gasteiger partial charge is 0.286 e.